The fraction of sp³-hybridized carbons (Fsp3) is 0. The van der Waals surface area contributed by atoms with Gasteiger partial charge in [0, 0.05) is 24.5 Å². The summed E-state index contributed by atoms with van der Waals surface area (Å²) >= 11 is 5.51. The third-order valence-electron chi connectivity index (χ3n) is 0.669. The number of hydrogen-bond acceptors (Lipinski definition) is 0. The minimum Gasteiger partial charge on any atom is -1.00 e. The zero-order valence-electron chi connectivity index (χ0n) is 4.77. The van der Waals surface area contributed by atoms with Gasteiger partial charge in [0.15, 0.2) is 0 Å². The van der Waals surface area contributed by atoms with Crippen LogP contribution in [0, 0.1) is 6.07 Å². The van der Waals surface area contributed by atoms with Gasteiger partial charge in [-0.3, -0.25) is 0 Å². The van der Waals surface area contributed by atoms with Crippen molar-refractivity contribution in [2.75, 3.05) is 0 Å². The molecule has 1 rings (SSSR count). The summed E-state index contributed by atoms with van der Waals surface area (Å²) in [4.78, 5) is 0. The Hall–Kier alpha value is 0.863. The normalized spacial score (nSPS) is 6.78. The van der Waals surface area contributed by atoms with Crippen LogP contribution in [-0.4, -0.2) is 0 Å². The number of halogens is 2. The third kappa shape index (κ3) is 5.31. The van der Waals surface area contributed by atoms with Crippen molar-refractivity contribution in [2.24, 2.45) is 0 Å². The smallest absolute Gasteiger partial charge is 0.0412 e. The minimum atomic E-state index is 0. The van der Waals surface area contributed by atoms with Crippen molar-refractivity contribution >= 4 is 11.6 Å². The van der Waals surface area contributed by atoms with E-state index in [0.717, 1.165) is 5.02 Å². The zero-order valence-corrected chi connectivity index (χ0v) is 10.7. The molecule has 0 saturated carbocycles. The summed E-state index contributed by atoms with van der Waals surface area (Å²) in [6.07, 6.45) is 0. The Morgan fingerprint density at radius 2 is 2.11 bits per heavy atom. The van der Waals surface area contributed by atoms with Gasteiger partial charge in [-0.25, -0.2) is 0 Å². The van der Waals surface area contributed by atoms with Crippen LogP contribution in [0.5, 0.6) is 0 Å². The van der Waals surface area contributed by atoms with Gasteiger partial charge in [0.1, 0.15) is 0 Å². The molecule has 0 aliphatic heterocycles. The fourth-order valence-electron chi connectivity index (χ4n) is 0.371. The number of rotatable bonds is 0. The average Bonchev–Trinajstić information content (AvgIpc) is 1.69. The molecule has 0 heterocycles. The van der Waals surface area contributed by atoms with Crippen LogP contribution in [0.4, 0.5) is 0 Å². The SMILES string of the molecule is Clc1c[c]ccc1.[I-].[Zn]. The first-order valence-corrected chi connectivity index (χ1v) is 2.39. The Balaban J connectivity index is 0. The standard InChI is InChI=1S/C6H4Cl.HI.Zn/c7-6-4-2-1-3-5-6;;/h1-2,4-5H;1H;/p-1. The molecule has 0 aliphatic carbocycles. The summed E-state index contributed by atoms with van der Waals surface area (Å²) in [5, 5.41) is 0.738. The largest absolute Gasteiger partial charge is 1.00 e. The monoisotopic (exact) mass is 302 g/mol. The molecule has 0 aromatic heterocycles. The maximum Gasteiger partial charge on any atom is 0.0412 e. The van der Waals surface area contributed by atoms with Gasteiger partial charge in [0.2, 0.25) is 0 Å². The Morgan fingerprint density at radius 1 is 1.44 bits per heavy atom. The minimum absolute atomic E-state index is 0. The molecule has 0 bridgehead atoms. The van der Waals surface area contributed by atoms with Crippen molar-refractivity contribution in [1.82, 2.24) is 0 Å². The molecule has 0 spiro atoms. The summed E-state index contributed by atoms with van der Waals surface area (Å²) in [6.45, 7) is 0. The number of hydrogen-bond donors (Lipinski definition) is 0. The van der Waals surface area contributed by atoms with Crippen LogP contribution in [0.1, 0.15) is 0 Å². The summed E-state index contributed by atoms with van der Waals surface area (Å²) < 4.78 is 0. The quantitative estimate of drug-likeness (QED) is 0.432. The van der Waals surface area contributed by atoms with E-state index in [4.69, 9.17) is 11.6 Å². The molecule has 45 valence electrons. The molecule has 0 N–H and O–H groups in total. The van der Waals surface area contributed by atoms with E-state index in [0.29, 0.717) is 0 Å². The van der Waals surface area contributed by atoms with Crippen LogP contribution in [0.15, 0.2) is 24.3 Å². The summed E-state index contributed by atoms with van der Waals surface area (Å²) in [5.41, 5.74) is 0. The van der Waals surface area contributed by atoms with Crippen LogP contribution >= 0.6 is 11.6 Å². The van der Waals surface area contributed by atoms with Crippen molar-refractivity contribution in [2.45, 2.75) is 0 Å². The first kappa shape index (κ1) is 12.5. The molecular formula is C6H4ClIZn-. The van der Waals surface area contributed by atoms with Gasteiger partial charge in [-0.15, -0.1) is 0 Å². The van der Waals surface area contributed by atoms with Gasteiger partial charge in [-0.05, 0) is 18.2 Å². The molecule has 9 heavy (non-hydrogen) atoms. The van der Waals surface area contributed by atoms with E-state index < -0.39 is 0 Å². The predicted molar refractivity (Wildman–Crippen MR) is 30.3 cm³/mol. The first-order valence-electron chi connectivity index (χ1n) is 2.01. The van der Waals surface area contributed by atoms with Gasteiger partial charge >= 0.3 is 0 Å². The van der Waals surface area contributed by atoms with Gasteiger partial charge in [-0.2, -0.15) is 0 Å². The van der Waals surface area contributed by atoms with E-state index in [1.165, 1.54) is 0 Å². The van der Waals surface area contributed by atoms with Crippen LogP contribution in [0.3, 0.4) is 0 Å². The second-order valence-electron chi connectivity index (χ2n) is 1.22. The van der Waals surface area contributed by atoms with Crippen LogP contribution in [0.25, 0.3) is 0 Å². The summed E-state index contributed by atoms with van der Waals surface area (Å²) in [7, 11) is 0. The van der Waals surface area contributed by atoms with Crippen LogP contribution in [0.2, 0.25) is 5.02 Å². The molecule has 0 nitrogen and oxygen atoms in total. The molecule has 1 aromatic rings. The van der Waals surface area contributed by atoms with Crippen molar-refractivity contribution < 1.29 is 43.5 Å². The maximum absolute atomic E-state index is 5.51. The molecule has 0 aliphatic rings. The Morgan fingerprint density at radius 3 is 2.33 bits per heavy atom. The molecule has 1 aromatic carbocycles. The second-order valence-corrected chi connectivity index (χ2v) is 1.66. The summed E-state index contributed by atoms with van der Waals surface area (Å²) in [5.74, 6) is 0. The maximum atomic E-state index is 5.51. The fourth-order valence-corrected chi connectivity index (χ4v) is 0.507. The Kier molecular flexibility index (Phi) is 9.71. The van der Waals surface area contributed by atoms with Crippen molar-refractivity contribution in [3.05, 3.63) is 35.4 Å². The topological polar surface area (TPSA) is 0 Å². The van der Waals surface area contributed by atoms with Crippen molar-refractivity contribution in [1.29, 1.82) is 0 Å². The van der Waals surface area contributed by atoms with E-state index in [9.17, 15) is 0 Å². The van der Waals surface area contributed by atoms with Gasteiger partial charge in [0.25, 0.3) is 0 Å². The molecule has 0 atom stereocenters. The molecule has 0 unspecified atom stereocenters. The zero-order chi connectivity index (χ0) is 5.11. The molecular weight excluding hydrogens is 300 g/mol. The molecule has 3 heteroatoms. The first-order chi connectivity index (χ1) is 3.39. The predicted octanol–water partition coefficient (Wildman–Crippen LogP) is -0.858. The van der Waals surface area contributed by atoms with E-state index in [1.54, 1.807) is 6.07 Å². The van der Waals surface area contributed by atoms with E-state index in [1.807, 2.05) is 18.2 Å². The van der Waals surface area contributed by atoms with Gasteiger partial charge < -0.3 is 24.0 Å². The Labute approximate surface area is 89.8 Å². The Bertz CT molecular complexity index is 143. The van der Waals surface area contributed by atoms with Gasteiger partial charge in [0.05, 0.1) is 0 Å². The van der Waals surface area contributed by atoms with Crippen LogP contribution < -0.4 is 24.0 Å². The van der Waals surface area contributed by atoms with E-state index >= 15 is 0 Å². The van der Waals surface area contributed by atoms with Crippen molar-refractivity contribution in [3.63, 3.8) is 0 Å². The third-order valence-corrected chi connectivity index (χ3v) is 0.904. The molecule has 0 saturated heterocycles. The van der Waals surface area contributed by atoms with Crippen LogP contribution in [-0.2, 0) is 19.5 Å². The summed E-state index contributed by atoms with van der Waals surface area (Å²) in [6, 6.07) is 10.0. The second kappa shape index (κ2) is 6.98. The molecule has 1 radical (unpaired) electrons. The van der Waals surface area contributed by atoms with Gasteiger partial charge in [-0.1, -0.05) is 23.7 Å². The average molecular weight is 304 g/mol. The van der Waals surface area contributed by atoms with E-state index in [-0.39, 0.29) is 43.5 Å². The molecule has 0 amide bonds. The van der Waals surface area contributed by atoms with Crippen molar-refractivity contribution in [3.8, 4) is 0 Å². The number of benzene rings is 1. The van der Waals surface area contributed by atoms with E-state index in [2.05, 4.69) is 6.07 Å². The molecule has 0 fully saturated rings.